The molecule has 11 heteroatoms. The van der Waals surface area contributed by atoms with E-state index in [-0.39, 0.29) is 23.0 Å². The predicted molar refractivity (Wildman–Crippen MR) is 137 cm³/mol. The SMILES string of the molecule is Cc1cccc(-n2ncc3c(=O)[nH]c(-n4nc(C)cc4NC(=O)c4cc(=O)c5ccccc5o4)nc32)c1. The van der Waals surface area contributed by atoms with Gasteiger partial charge in [-0.3, -0.25) is 19.4 Å². The summed E-state index contributed by atoms with van der Waals surface area (Å²) in [4.78, 5) is 45.6. The Kier molecular flexibility index (Phi) is 5.04. The molecule has 0 atom stereocenters. The summed E-state index contributed by atoms with van der Waals surface area (Å²) < 4.78 is 8.52. The smallest absolute Gasteiger partial charge is 0.292 e. The first-order valence-corrected chi connectivity index (χ1v) is 11.3. The van der Waals surface area contributed by atoms with Crippen LogP contribution in [0, 0.1) is 13.8 Å². The third kappa shape index (κ3) is 3.88. The van der Waals surface area contributed by atoms with Gasteiger partial charge in [-0.2, -0.15) is 19.9 Å². The number of fused-ring (bicyclic) bond motifs is 2. The standard InChI is InChI=1S/C26H19N7O4/c1-14-6-5-7-16(10-14)32-23-18(13-27-32)24(35)30-26(29-23)33-22(11-15(2)31-33)28-25(36)21-12-19(34)17-8-3-4-9-20(17)37-21/h3-13H,1-2H3,(H,28,36)(H,29,30,35). The summed E-state index contributed by atoms with van der Waals surface area (Å²) in [5.74, 6) is -0.515. The number of H-pyrrole nitrogens is 1. The maximum absolute atomic E-state index is 13.0. The first-order valence-electron chi connectivity index (χ1n) is 11.3. The molecule has 4 aromatic heterocycles. The Morgan fingerprint density at radius 2 is 1.81 bits per heavy atom. The Hall–Kier alpha value is -5.32. The Labute approximate surface area is 208 Å². The number of rotatable bonds is 4. The number of carbonyl (C=O) groups excluding carboxylic acids is 1. The summed E-state index contributed by atoms with van der Waals surface area (Å²) in [7, 11) is 0. The Morgan fingerprint density at radius 1 is 0.973 bits per heavy atom. The number of amides is 1. The van der Waals surface area contributed by atoms with Crippen LogP contribution >= 0.6 is 0 Å². The van der Waals surface area contributed by atoms with E-state index in [1.54, 1.807) is 41.9 Å². The predicted octanol–water partition coefficient (Wildman–Crippen LogP) is 3.27. The van der Waals surface area contributed by atoms with Gasteiger partial charge in [-0.1, -0.05) is 24.3 Å². The second-order valence-corrected chi connectivity index (χ2v) is 8.53. The highest BCUT2D eigenvalue weighted by Gasteiger charge is 2.19. The highest BCUT2D eigenvalue weighted by atomic mass is 16.3. The van der Waals surface area contributed by atoms with Crippen molar-refractivity contribution in [3.63, 3.8) is 0 Å². The highest BCUT2D eigenvalue weighted by Crippen LogP contribution is 2.20. The number of aryl methyl sites for hydroxylation is 2. The molecule has 0 aliphatic rings. The topological polar surface area (TPSA) is 141 Å². The second kappa shape index (κ2) is 8.41. The van der Waals surface area contributed by atoms with Crippen LogP contribution in [0.15, 0.2) is 80.9 Å². The van der Waals surface area contributed by atoms with Crippen LogP contribution < -0.4 is 16.3 Å². The van der Waals surface area contributed by atoms with Crippen molar-refractivity contribution in [3.05, 3.63) is 104 Å². The molecule has 0 saturated carbocycles. The van der Waals surface area contributed by atoms with Crippen LogP contribution in [0.1, 0.15) is 21.8 Å². The number of aromatic amines is 1. The fraction of sp³-hybridized carbons (Fsp3) is 0.0769. The van der Waals surface area contributed by atoms with Gasteiger partial charge in [0.2, 0.25) is 5.95 Å². The molecular formula is C26H19N7O4. The van der Waals surface area contributed by atoms with E-state index in [4.69, 9.17) is 4.42 Å². The normalized spacial score (nSPS) is 11.3. The largest absolute Gasteiger partial charge is 0.451 e. The molecule has 2 N–H and O–H groups in total. The summed E-state index contributed by atoms with van der Waals surface area (Å²) in [5.41, 5.74) is 2.21. The van der Waals surface area contributed by atoms with Gasteiger partial charge in [0.15, 0.2) is 16.8 Å². The molecule has 0 fully saturated rings. The molecule has 6 rings (SSSR count). The molecule has 37 heavy (non-hydrogen) atoms. The zero-order valence-corrected chi connectivity index (χ0v) is 19.7. The lowest BCUT2D eigenvalue weighted by molar-refractivity contribution is 0.0996. The molecule has 182 valence electrons. The van der Waals surface area contributed by atoms with E-state index < -0.39 is 11.5 Å². The minimum atomic E-state index is -0.655. The third-order valence-electron chi connectivity index (χ3n) is 5.80. The van der Waals surface area contributed by atoms with Crippen LogP contribution in [0.4, 0.5) is 5.82 Å². The number of para-hydroxylation sites is 1. The fourth-order valence-corrected chi connectivity index (χ4v) is 4.10. The van der Waals surface area contributed by atoms with Gasteiger partial charge in [0.1, 0.15) is 16.8 Å². The molecule has 1 amide bonds. The van der Waals surface area contributed by atoms with E-state index in [9.17, 15) is 14.4 Å². The van der Waals surface area contributed by atoms with Crippen LogP contribution in [-0.2, 0) is 0 Å². The van der Waals surface area contributed by atoms with Gasteiger partial charge < -0.3 is 9.73 Å². The lowest BCUT2D eigenvalue weighted by Gasteiger charge is -2.09. The molecule has 0 radical (unpaired) electrons. The molecule has 2 aromatic carbocycles. The number of nitrogens with one attached hydrogen (secondary N) is 2. The quantitative estimate of drug-likeness (QED) is 0.384. The molecule has 4 heterocycles. The summed E-state index contributed by atoms with van der Waals surface area (Å²) in [6.07, 6.45) is 1.45. The molecule has 0 aliphatic carbocycles. The minimum absolute atomic E-state index is 0.0790. The van der Waals surface area contributed by atoms with Gasteiger partial charge in [-0.05, 0) is 43.7 Å². The minimum Gasteiger partial charge on any atom is -0.451 e. The van der Waals surface area contributed by atoms with Crippen molar-refractivity contribution in [1.29, 1.82) is 0 Å². The fourth-order valence-electron chi connectivity index (χ4n) is 4.10. The van der Waals surface area contributed by atoms with Gasteiger partial charge in [-0.15, -0.1) is 0 Å². The Morgan fingerprint density at radius 3 is 2.65 bits per heavy atom. The lowest BCUT2D eigenvalue weighted by atomic mass is 10.2. The Balaban J connectivity index is 1.42. The zero-order chi connectivity index (χ0) is 25.7. The zero-order valence-electron chi connectivity index (χ0n) is 19.7. The van der Waals surface area contributed by atoms with E-state index in [0.717, 1.165) is 17.3 Å². The maximum atomic E-state index is 13.0. The van der Waals surface area contributed by atoms with Crippen LogP contribution in [0.3, 0.4) is 0 Å². The summed E-state index contributed by atoms with van der Waals surface area (Å²) in [6, 6.07) is 17.1. The van der Waals surface area contributed by atoms with E-state index in [1.165, 1.54) is 10.9 Å². The van der Waals surface area contributed by atoms with Gasteiger partial charge in [-0.25, -0.2) is 4.68 Å². The van der Waals surface area contributed by atoms with Crippen LogP contribution in [0.2, 0.25) is 0 Å². The van der Waals surface area contributed by atoms with E-state index in [0.29, 0.717) is 27.7 Å². The molecular weight excluding hydrogens is 474 g/mol. The van der Waals surface area contributed by atoms with E-state index in [1.807, 2.05) is 31.2 Å². The second-order valence-electron chi connectivity index (χ2n) is 8.53. The van der Waals surface area contributed by atoms with Gasteiger partial charge in [0.25, 0.3) is 11.5 Å². The molecule has 0 unspecified atom stereocenters. The molecule has 0 aliphatic heterocycles. The summed E-state index contributed by atoms with van der Waals surface area (Å²) in [5, 5.41) is 12.1. The van der Waals surface area contributed by atoms with Crippen LogP contribution in [-0.4, -0.2) is 35.4 Å². The summed E-state index contributed by atoms with van der Waals surface area (Å²) in [6.45, 7) is 3.69. The number of benzene rings is 2. The molecule has 0 saturated heterocycles. The average molecular weight is 493 g/mol. The summed E-state index contributed by atoms with van der Waals surface area (Å²) >= 11 is 0. The van der Waals surface area contributed by atoms with Crippen molar-refractivity contribution in [2.24, 2.45) is 0 Å². The molecule has 11 nitrogen and oxygen atoms in total. The number of carbonyl (C=O) groups is 1. The third-order valence-corrected chi connectivity index (χ3v) is 5.80. The van der Waals surface area contributed by atoms with Crippen molar-refractivity contribution in [2.45, 2.75) is 13.8 Å². The van der Waals surface area contributed by atoms with Crippen molar-refractivity contribution < 1.29 is 9.21 Å². The van der Waals surface area contributed by atoms with Gasteiger partial charge in [0, 0.05) is 12.1 Å². The van der Waals surface area contributed by atoms with Crippen molar-refractivity contribution in [1.82, 2.24) is 29.5 Å². The van der Waals surface area contributed by atoms with E-state index in [2.05, 4.69) is 25.5 Å². The maximum Gasteiger partial charge on any atom is 0.292 e. The lowest BCUT2D eigenvalue weighted by Crippen LogP contribution is -2.20. The number of nitrogens with zero attached hydrogens (tertiary/aromatic N) is 5. The van der Waals surface area contributed by atoms with E-state index >= 15 is 0 Å². The van der Waals surface area contributed by atoms with Crippen molar-refractivity contribution in [3.8, 4) is 11.6 Å². The van der Waals surface area contributed by atoms with Crippen LogP contribution in [0.25, 0.3) is 33.6 Å². The molecule has 0 bridgehead atoms. The molecule has 0 spiro atoms. The number of hydrogen-bond acceptors (Lipinski definition) is 7. The first kappa shape index (κ1) is 22.2. The highest BCUT2D eigenvalue weighted by molar-refractivity contribution is 6.02. The number of hydrogen-bond donors (Lipinski definition) is 2. The van der Waals surface area contributed by atoms with Crippen LogP contribution in [0.5, 0.6) is 0 Å². The van der Waals surface area contributed by atoms with Crippen molar-refractivity contribution in [2.75, 3.05) is 5.32 Å². The Bertz CT molecular complexity index is 1960. The number of anilines is 1. The number of aromatic nitrogens is 6. The van der Waals surface area contributed by atoms with Gasteiger partial charge >= 0.3 is 0 Å². The molecule has 6 aromatic rings. The van der Waals surface area contributed by atoms with Crippen molar-refractivity contribution >= 4 is 33.7 Å². The average Bonchev–Trinajstić information content (AvgIpc) is 3.47. The first-order chi connectivity index (χ1) is 17.9. The monoisotopic (exact) mass is 493 g/mol. The van der Waals surface area contributed by atoms with Gasteiger partial charge in [0.05, 0.1) is 23.0 Å².